The van der Waals surface area contributed by atoms with Crippen LogP contribution in [0.3, 0.4) is 0 Å². The molecule has 0 spiro atoms. The van der Waals surface area contributed by atoms with E-state index in [-0.39, 0.29) is 23.4 Å². The number of benzene rings is 1. The Labute approximate surface area is 104 Å². The number of aldehydes is 1. The van der Waals surface area contributed by atoms with Gasteiger partial charge in [0.1, 0.15) is 12.0 Å². The molecule has 0 saturated carbocycles. The van der Waals surface area contributed by atoms with Gasteiger partial charge in [-0.1, -0.05) is 0 Å². The smallest absolute Gasteiger partial charge is 0.337 e. The molecule has 6 heteroatoms. The van der Waals surface area contributed by atoms with Crippen LogP contribution < -0.4 is 10.1 Å². The number of ether oxygens (including phenoxy) is 2. The molecule has 0 heterocycles. The van der Waals surface area contributed by atoms with E-state index in [0.29, 0.717) is 6.29 Å². The fraction of sp³-hybridized carbons (Fsp3) is 0.250. The summed E-state index contributed by atoms with van der Waals surface area (Å²) in [6, 6.07) is 4.29. The molecular weight excluding hydrogens is 238 g/mol. The van der Waals surface area contributed by atoms with Crippen molar-refractivity contribution >= 4 is 18.2 Å². The van der Waals surface area contributed by atoms with E-state index in [1.165, 1.54) is 32.4 Å². The fourth-order valence-electron chi connectivity index (χ4n) is 1.35. The van der Waals surface area contributed by atoms with Gasteiger partial charge in [0.05, 0.1) is 31.9 Å². The van der Waals surface area contributed by atoms with Crippen molar-refractivity contribution in [3.8, 4) is 5.75 Å². The van der Waals surface area contributed by atoms with Crippen LogP contribution in [0.5, 0.6) is 5.75 Å². The van der Waals surface area contributed by atoms with Gasteiger partial charge in [-0.2, -0.15) is 0 Å². The lowest BCUT2D eigenvalue weighted by atomic mass is 10.1. The summed E-state index contributed by atoms with van der Waals surface area (Å²) in [6.07, 6.45) is 0.577. The topological polar surface area (TPSA) is 81.7 Å². The van der Waals surface area contributed by atoms with Gasteiger partial charge in [-0.25, -0.2) is 4.79 Å². The summed E-state index contributed by atoms with van der Waals surface area (Å²) in [5.74, 6) is -0.732. The molecule has 1 aromatic rings. The molecule has 0 aliphatic carbocycles. The number of esters is 1. The summed E-state index contributed by atoms with van der Waals surface area (Å²) in [5, 5.41) is 2.38. The van der Waals surface area contributed by atoms with Gasteiger partial charge < -0.3 is 19.6 Å². The lowest BCUT2D eigenvalue weighted by molar-refractivity contribution is -0.107. The summed E-state index contributed by atoms with van der Waals surface area (Å²) in [4.78, 5) is 33.1. The van der Waals surface area contributed by atoms with Crippen molar-refractivity contribution in [1.29, 1.82) is 0 Å². The molecule has 18 heavy (non-hydrogen) atoms. The highest BCUT2D eigenvalue weighted by Gasteiger charge is 2.15. The molecule has 1 rings (SSSR count). The van der Waals surface area contributed by atoms with Crippen LogP contribution in [-0.4, -0.2) is 38.9 Å². The molecule has 1 aromatic carbocycles. The van der Waals surface area contributed by atoms with Crippen LogP contribution in [0.15, 0.2) is 18.2 Å². The van der Waals surface area contributed by atoms with Crippen molar-refractivity contribution in [3.05, 3.63) is 29.3 Å². The zero-order valence-electron chi connectivity index (χ0n) is 10.1. The minimum Gasteiger partial charge on any atom is -0.496 e. The number of carbonyl (C=O) groups is 3. The third-order valence-corrected chi connectivity index (χ3v) is 2.21. The van der Waals surface area contributed by atoms with E-state index in [2.05, 4.69) is 10.1 Å². The average Bonchev–Trinajstić information content (AvgIpc) is 2.42. The Morgan fingerprint density at radius 3 is 2.61 bits per heavy atom. The van der Waals surface area contributed by atoms with E-state index in [1.807, 2.05) is 0 Å². The van der Waals surface area contributed by atoms with Gasteiger partial charge >= 0.3 is 5.97 Å². The van der Waals surface area contributed by atoms with E-state index in [0.717, 1.165) is 0 Å². The molecule has 0 atom stereocenters. The molecule has 96 valence electrons. The van der Waals surface area contributed by atoms with Crippen LogP contribution in [0.1, 0.15) is 20.7 Å². The van der Waals surface area contributed by atoms with Crippen molar-refractivity contribution in [2.24, 2.45) is 0 Å². The van der Waals surface area contributed by atoms with Gasteiger partial charge in [0.2, 0.25) is 0 Å². The molecule has 1 N–H and O–H groups in total. The van der Waals surface area contributed by atoms with Crippen LogP contribution in [0, 0.1) is 0 Å². The molecule has 0 aliphatic rings. The Hall–Kier alpha value is -2.37. The Balaban J connectivity index is 3.03. The minimum atomic E-state index is -0.520. The van der Waals surface area contributed by atoms with Crippen molar-refractivity contribution in [1.82, 2.24) is 5.32 Å². The van der Waals surface area contributed by atoms with Gasteiger partial charge in [-0.3, -0.25) is 4.79 Å². The number of hydrogen-bond acceptors (Lipinski definition) is 5. The molecule has 6 nitrogen and oxygen atoms in total. The van der Waals surface area contributed by atoms with Crippen molar-refractivity contribution in [2.75, 3.05) is 20.8 Å². The Kier molecular flexibility index (Phi) is 4.86. The standard InChI is InChI=1S/C12H13NO5/c1-17-10-7-8(12(16)18-2)3-4-9(10)11(15)13-5-6-14/h3-4,6-7H,5H2,1-2H3,(H,13,15). The molecule has 1 amide bonds. The molecule has 0 radical (unpaired) electrons. The summed E-state index contributed by atoms with van der Waals surface area (Å²) >= 11 is 0. The van der Waals surface area contributed by atoms with Crippen LogP contribution >= 0.6 is 0 Å². The quantitative estimate of drug-likeness (QED) is 0.605. The number of amides is 1. The van der Waals surface area contributed by atoms with E-state index < -0.39 is 11.9 Å². The molecule has 0 saturated heterocycles. The molecule has 0 aromatic heterocycles. The summed E-state index contributed by atoms with van der Waals surface area (Å²) in [6.45, 7) is -0.0826. The fourth-order valence-corrected chi connectivity index (χ4v) is 1.35. The highest BCUT2D eigenvalue weighted by atomic mass is 16.5. The Bertz CT molecular complexity index is 470. The van der Waals surface area contributed by atoms with Gasteiger partial charge in [0.15, 0.2) is 0 Å². The SMILES string of the molecule is COC(=O)c1ccc(C(=O)NCC=O)c(OC)c1. The summed E-state index contributed by atoms with van der Waals surface area (Å²) < 4.78 is 9.58. The molecular formula is C12H13NO5. The third-order valence-electron chi connectivity index (χ3n) is 2.21. The van der Waals surface area contributed by atoms with Gasteiger partial charge in [-0.15, -0.1) is 0 Å². The Morgan fingerprint density at radius 2 is 2.06 bits per heavy atom. The first kappa shape index (κ1) is 13.7. The second kappa shape index (κ2) is 6.39. The van der Waals surface area contributed by atoms with Crippen molar-refractivity contribution in [2.45, 2.75) is 0 Å². The summed E-state index contributed by atoms with van der Waals surface area (Å²) in [5.41, 5.74) is 0.522. The number of hydrogen-bond donors (Lipinski definition) is 1. The highest BCUT2D eigenvalue weighted by molar-refractivity contribution is 5.99. The third kappa shape index (κ3) is 3.07. The first-order valence-corrected chi connectivity index (χ1v) is 5.12. The lowest BCUT2D eigenvalue weighted by Crippen LogP contribution is -2.25. The van der Waals surface area contributed by atoms with Crippen molar-refractivity contribution in [3.63, 3.8) is 0 Å². The predicted molar refractivity (Wildman–Crippen MR) is 62.7 cm³/mol. The van der Waals surface area contributed by atoms with Gasteiger partial charge in [0, 0.05) is 0 Å². The van der Waals surface area contributed by atoms with Crippen LogP contribution in [-0.2, 0) is 9.53 Å². The number of nitrogens with one attached hydrogen (secondary N) is 1. The average molecular weight is 251 g/mol. The molecule has 0 bridgehead atoms. The number of carbonyl (C=O) groups excluding carboxylic acids is 3. The minimum absolute atomic E-state index is 0.0826. The first-order chi connectivity index (χ1) is 8.63. The maximum Gasteiger partial charge on any atom is 0.337 e. The summed E-state index contributed by atoms with van der Waals surface area (Å²) in [7, 11) is 2.65. The monoisotopic (exact) mass is 251 g/mol. The number of methoxy groups -OCH3 is 2. The second-order valence-corrected chi connectivity index (χ2v) is 3.28. The van der Waals surface area contributed by atoms with Gasteiger partial charge in [0.25, 0.3) is 5.91 Å². The molecule has 0 aliphatic heterocycles. The van der Waals surface area contributed by atoms with E-state index >= 15 is 0 Å². The number of rotatable bonds is 5. The lowest BCUT2D eigenvalue weighted by Gasteiger charge is -2.09. The van der Waals surface area contributed by atoms with Crippen molar-refractivity contribution < 1.29 is 23.9 Å². The maximum absolute atomic E-state index is 11.7. The maximum atomic E-state index is 11.7. The van der Waals surface area contributed by atoms with E-state index in [4.69, 9.17) is 4.74 Å². The van der Waals surface area contributed by atoms with Crippen LogP contribution in [0.4, 0.5) is 0 Å². The van der Waals surface area contributed by atoms with Crippen LogP contribution in [0.25, 0.3) is 0 Å². The Morgan fingerprint density at radius 1 is 1.33 bits per heavy atom. The van der Waals surface area contributed by atoms with E-state index in [9.17, 15) is 14.4 Å². The zero-order chi connectivity index (χ0) is 13.5. The molecule has 0 unspecified atom stereocenters. The van der Waals surface area contributed by atoms with Crippen LogP contribution in [0.2, 0.25) is 0 Å². The second-order valence-electron chi connectivity index (χ2n) is 3.28. The largest absolute Gasteiger partial charge is 0.496 e. The van der Waals surface area contributed by atoms with Gasteiger partial charge in [-0.05, 0) is 18.2 Å². The normalized spacial score (nSPS) is 9.44. The highest BCUT2D eigenvalue weighted by Crippen LogP contribution is 2.20. The predicted octanol–water partition coefficient (Wildman–Crippen LogP) is 0.410. The van der Waals surface area contributed by atoms with E-state index in [1.54, 1.807) is 0 Å². The zero-order valence-corrected chi connectivity index (χ0v) is 10.1. The first-order valence-electron chi connectivity index (χ1n) is 5.12. The molecule has 0 fully saturated rings.